The van der Waals surface area contributed by atoms with E-state index in [2.05, 4.69) is 17.4 Å². The summed E-state index contributed by atoms with van der Waals surface area (Å²) in [6, 6.07) is 18.8. The quantitative estimate of drug-likeness (QED) is 0.557. The van der Waals surface area contributed by atoms with Crippen molar-refractivity contribution in [3.05, 3.63) is 71.8 Å². The average molecular weight is 521 g/mol. The van der Waals surface area contributed by atoms with Gasteiger partial charge < -0.3 is 25.6 Å². The van der Waals surface area contributed by atoms with Crippen molar-refractivity contribution in [2.75, 3.05) is 26.7 Å². The van der Waals surface area contributed by atoms with Gasteiger partial charge in [-0.15, -0.1) is 0 Å². The van der Waals surface area contributed by atoms with Crippen molar-refractivity contribution in [1.82, 2.24) is 15.1 Å². The first kappa shape index (κ1) is 27.8. The van der Waals surface area contributed by atoms with E-state index in [1.165, 1.54) is 0 Å². The lowest BCUT2D eigenvalue weighted by Crippen LogP contribution is -2.62. The molecule has 0 saturated carbocycles. The Balaban J connectivity index is 1.58. The topological polar surface area (TPSA) is 105 Å². The van der Waals surface area contributed by atoms with Crippen molar-refractivity contribution in [3.63, 3.8) is 0 Å². The van der Waals surface area contributed by atoms with Crippen LogP contribution in [0.3, 0.4) is 0 Å². The maximum Gasteiger partial charge on any atom is 0.247 e. The molecule has 8 heteroatoms. The molecule has 4 atom stereocenters. The number of nitrogens with one attached hydrogen (secondary N) is 1. The molecule has 1 spiro atoms. The van der Waals surface area contributed by atoms with Crippen LogP contribution >= 0.6 is 0 Å². The summed E-state index contributed by atoms with van der Waals surface area (Å²) in [6.45, 7) is 6.73. The van der Waals surface area contributed by atoms with Crippen LogP contribution in [0.25, 0.3) is 0 Å². The van der Waals surface area contributed by atoms with Gasteiger partial charge in [-0.3, -0.25) is 14.4 Å². The van der Waals surface area contributed by atoms with Crippen LogP contribution in [0.2, 0.25) is 0 Å². The molecule has 204 valence electrons. The van der Waals surface area contributed by atoms with E-state index in [1.807, 2.05) is 55.6 Å². The molecule has 2 aliphatic rings. The normalized spacial score (nSPS) is 23.4. The lowest BCUT2D eigenvalue weighted by Gasteiger charge is -2.43. The van der Waals surface area contributed by atoms with Gasteiger partial charge >= 0.3 is 0 Å². The highest BCUT2D eigenvalue weighted by Crippen LogP contribution is 2.49. The smallest absolute Gasteiger partial charge is 0.247 e. The van der Waals surface area contributed by atoms with Gasteiger partial charge in [0, 0.05) is 32.6 Å². The zero-order valence-corrected chi connectivity index (χ0v) is 22.9. The Hall–Kier alpha value is -3.23. The maximum atomic E-state index is 14.1. The molecule has 4 rings (SSSR count). The van der Waals surface area contributed by atoms with Crippen molar-refractivity contribution in [3.8, 4) is 0 Å². The van der Waals surface area contributed by atoms with Crippen LogP contribution in [0.15, 0.2) is 60.7 Å². The highest BCUT2D eigenvalue weighted by Gasteiger charge is 2.56. The van der Waals surface area contributed by atoms with E-state index in [0.29, 0.717) is 39.1 Å². The molecule has 0 bridgehead atoms. The Morgan fingerprint density at radius 3 is 2.39 bits per heavy atom. The molecule has 3 amide bonds. The highest BCUT2D eigenvalue weighted by molar-refractivity contribution is 5.93. The van der Waals surface area contributed by atoms with Gasteiger partial charge in [-0.05, 0) is 44.7 Å². The van der Waals surface area contributed by atoms with Gasteiger partial charge in [-0.25, -0.2) is 0 Å². The van der Waals surface area contributed by atoms with Crippen molar-refractivity contribution in [2.45, 2.75) is 63.8 Å². The SMILES string of the molecule is CC(OCc1ccccc1)C(NC(=O)C(C)(C)N)C(=O)N1CCCC2(C1)C(=O)N(C)CC2c1ccccc1. The van der Waals surface area contributed by atoms with Crippen LogP contribution in [0.5, 0.6) is 0 Å². The van der Waals surface area contributed by atoms with Gasteiger partial charge in [-0.2, -0.15) is 0 Å². The molecular formula is C30H40N4O4. The van der Waals surface area contributed by atoms with Gasteiger partial charge in [0.05, 0.1) is 23.7 Å². The first-order chi connectivity index (χ1) is 18.0. The number of rotatable bonds is 8. The van der Waals surface area contributed by atoms with Crippen molar-refractivity contribution >= 4 is 17.7 Å². The molecule has 3 N–H and O–H groups in total. The van der Waals surface area contributed by atoms with Gasteiger partial charge in [-0.1, -0.05) is 60.7 Å². The molecule has 2 aliphatic heterocycles. The largest absolute Gasteiger partial charge is 0.371 e. The second-order valence-corrected chi connectivity index (χ2v) is 11.3. The number of carbonyl (C=O) groups is 3. The number of likely N-dealkylation sites (tertiary alicyclic amines) is 2. The summed E-state index contributed by atoms with van der Waals surface area (Å²) in [7, 11) is 1.83. The Morgan fingerprint density at radius 2 is 1.76 bits per heavy atom. The molecule has 38 heavy (non-hydrogen) atoms. The molecule has 8 nitrogen and oxygen atoms in total. The standard InChI is InChI=1S/C30H40N4O4/c1-21(38-19-22-12-7-5-8-13-22)25(32-27(36)29(2,3)31)26(35)34-17-11-16-30(20-34)24(18-33(4)28(30)37)23-14-9-6-10-15-23/h5-10,12-15,21,24-25H,11,16-20,31H2,1-4H3,(H,32,36). The minimum atomic E-state index is -1.16. The van der Waals surface area contributed by atoms with Crippen LogP contribution in [0.4, 0.5) is 0 Å². The van der Waals surface area contributed by atoms with E-state index < -0.39 is 29.0 Å². The lowest BCUT2D eigenvalue weighted by molar-refractivity contribution is -0.148. The molecule has 2 aromatic carbocycles. The van der Waals surface area contributed by atoms with E-state index >= 15 is 0 Å². The fourth-order valence-electron chi connectivity index (χ4n) is 5.70. The predicted octanol–water partition coefficient (Wildman–Crippen LogP) is 2.68. The number of hydrogen-bond donors (Lipinski definition) is 2. The number of nitrogens with two attached hydrogens (primary N) is 1. The molecule has 0 aromatic heterocycles. The third-order valence-electron chi connectivity index (χ3n) is 7.90. The van der Waals surface area contributed by atoms with Crippen molar-refractivity contribution < 1.29 is 19.1 Å². The fourth-order valence-corrected chi connectivity index (χ4v) is 5.70. The van der Waals surface area contributed by atoms with Crippen molar-refractivity contribution in [2.24, 2.45) is 11.1 Å². The number of carbonyl (C=O) groups excluding carboxylic acids is 3. The Bertz CT molecular complexity index is 1130. The molecule has 4 unspecified atom stereocenters. The van der Waals surface area contributed by atoms with Gasteiger partial charge in [0.1, 0.15) is 6.04 Å². The number of likely N-dealkylation sites (N-methyl/N-ethyl adjacent to an activating group) is 1. The van der Waals surface area contributed by atoms with E-state index in [1.54, 1.807) is 30.6 Å². The summed E-state index contributed by atoms with van der Waals surface area (Å²) in [5.41, 5.74) is 6.27. The van der Waals surface area contributed by atoms with E-state index in [4.69, 9.17) is 10.5 Å². The number of benzene rings is 2. The summed E-state index contributed by atoms with van der Waals surface area (Å²) in [4.78, 5) is 44.1. The average Bonchev–Trinajstić information content (AvgIpc) is 3.15. The first-order valence-electron chi connectivity index (χ1n) is 13.4. The number of nitrogens with zero attached hydrogens (tertiary/aromatic N) is 2. The van der Waals surface area contributed by atoms with Gasteiger partial charge in [0.2, 0.25) is 17.7 Å². The van der Waals surface area contributed by atoms with E-state index in [-0.39, 0.29) is 17.7 Å². The monoisotopic (exact) mass is 520 g/mol. The number of piperidine rings is 1. The molecule has 2 fully saturated rings. The number of hydrogen-bond acceptors (Lipinski definition) is 5. The molecule has 2 aromatic rings. The third-order valence-corrected chi connectivity index (χ3v) is 7.90. The predicted molar refractivity (Wildman–Crippen MR) is 146 cm³/mol. The minimum Gasteiger partial charge on any atom is -0.371 e. The molecular weight excluding hydrogens is 480 g/mol. The number of amides is 3. The molecule has 0 aliphatic carbocycles. The summed E-state index contributed by atoms with van der Waals surface area (Å²) in [5.74, 6) is -0.631. The summed E-state index contributed by atoms with van der Waals surface area (Å²) in [5, 5.41) is 2.86. The Labute approximate surface area is 225 Å². The first-order valence-corrected chi connectivity index (χ1v) is 13.4. The van der Waals surface area contributed by atoms with Gasteiger partial charge in [0.25, 0.3) is 0 Å². The number of ether oxygens (including phenoxy) is 1. The zero-order chi connectivity index (χ0) is 27.5. The second-order valence-electron chi connectivity index (χ2n) is 11.3. The van der Waals surface area contributed by atoms with Crippen molar-refractivity contribution in [1.29, 1.82) is 0 Å². The van der Waals surface area contributed by atoms with E-state index in [0.717, 1.165) is 11.1 Å². The summed E-state index contributed by atoms with van der Waals surface area (Å²) >= 11 is 0. The lowest BCUT2D eigenvalue weighted by atomic mass is 9.69. The van der Waals surface area contributed by atoms with Gasteiger partial charge in [0.15, 0.2) is 0 Å². The van der Waals surface area contributed by atoms with Crippen LogP contribution in [-0.4, -0.2) is 71.9 Å². The van der Waals surface area contributed by atoms with Crippen LogP contribution in [-0.2, 0) is 25.7 Å². The highest BCUT2D eigenvalue weighted by atomic mass is 16.5. The Kier molecular flexibility index (Phi) is 8.23. The summed E-state index contributed by atoms with van der Waals surface area (Å²) < 4.78 is 6.08. The third kappa shape index (κ3) is 5.76. The van der Waals surface area contributed by atoms with Crippen LogP contribution < -0.4 is 11.1 Å². The fraction of sp³-hybridized carbons (Fsp3) is 0.500. The molecule has 2 heterocycles. The maximum absolute atomic E-state index is 14.1. The minimum absolute atomic E-state index is 0.0143. The second kappa shape index (κ2) is 11.3. The molecule has 0 radical (unpaired) electrons. The summed E-state index contributed by atoms with van der Waals surface area (Å²) in [6.07, 6.45) is 0.808. The van der Waals surface area contributed by atoms with E-state index in [9.17, 15) is 14.4 Å². The zero-order valence-electron chi connectivity index (χ0n) is 22.9. The molecule has 2 saturated heterocycles. The van der Waals surface area contributed by atoms with Crippen LogP contribution in [0, 0.1) is 5.41 Å². The van der Waals surface area contributed by atoms with Crippen LogP contribution in [0.1, 0.15) is 50.7 Å². The Morgan fingerprint density at radius 1 is 1.13 bits per heavy atom.